The van der Waals surface area contributed by atoms with Crippen molar-refractivity contribution >= 4 is 46.2 Å². The normalized spacial score (nSPS) is 12.1. The highest BCUT2D eigenvalue weighted by Gasteiger charge is 2.22. The minimum atomic E-state index is -1.15. The monoisotopic (exact) mass is 385 g/mol. The summed E-state index contributed by atoms with van der Waals surface area (Å²) in [6, 6.07) is 1.64. The highest BCUT2D eigenvalue weighted by Crippen LogP contribution is 2.30. The average Bonchev–Trinajstić information content (AvgIpc) is 2.53. The maximum absolute atomic E-state index is 12.1. The first-order valence-electron chi connectivity index (χ1n) is 7.20. The number of carboxylic acid groups (broad SMARTS) is 1. The molecule has 7 nitrogen and oxygen atoms in total. The molecular formula is C16H16ClNO6S. The lowest BCUT2D eigenvalue weighted by Gasteiger charge is -2.14. The van der Waals surface area contributed by atoms with Gasteiger partial charge in [-0.15, -0.1) is 0 Å². The topological polar surface area (TPSA) is 117 Å². The van der Waals surface area contributed by atoms with Gasteiger partial charge in [-0.25, -0.2) is 9.59 Å². The number of thioether (sulfide) groups is 1. The van der Waals surface area contributed by atoms with Crippen LogP contribution >= 0.6 is 23.4 Å². The number of phenolic OH excluding ortho intramolecular Hbond substituents is 1. The molecule has 1 aromatic heterocycles. The lowest BCUT2D eigenvalue weighted by Crippen LogP contribution is -2.43. The summed E-state index contributed by atoms with van der Waals surface area (Å²) >= 11 is 7.16. The Morgan fingerprint density at radius 2 is 2.08 bits per heavy atom. The van der Waals surface area contributed by atoms with Crippen molar-refractivity contribution in [1.29, 1.82) is 0 Å². The summed E-state index contributed by atoms with van der Waals surface area (Å²) in [5, 5.41) is 21.6. The zero-order valence-corrected chi connectivity index (χ0v) is 15.0. The molecule has 1 unspecified atom stereocenters. The number of aryl methyl sites for hydroxylation is 1. The number of phenols is 1. The number of hydrogen-bond acceptors (Lipinski definition) is 6. The Balaban J connectivity index is 2.35. The van der Waals surface area contributed by atoms with Gasteiger partial charge in [-0.05, 0) is 24.8 Å². The lowest BCUT2D eigenvalue weighted by molar-refractivity contribution is -0.141. The number of carbonyl (C=O) groups is 2. The standard InChI is InChI=1S/C16H16ClNO6S/c1-7-8-3-10(17)12(19)5-13(8)24-16(23)9(7)4-14(20)18-11(6-25-2)15(21)22/h3,5,11,19H,4,6H2,1-2H3,(H,18,20)(H,21,22). The van der Waals surface area contributed by atoms with Crippen LogP contribution in [0, 0.1) is 6.92 Å². The Morgan fingerprint density at radius 1 is 1.40 bits per heavy atom. The predicted octanol–water partition coefficient (Wildman–Crippen LogP) is 1.94. The molecule has 0 saturated heterocycles. The number of benzene rings is 1. The van der Waals surface area contributed by atoms with Gasteiger partial charge in [0.2, 0.25) is 5.91 Å². The van der Waals surface area contributed by atoms with Crippen molar-refractivity contribution in [3.63, 3.8) is 0 Å². The van der Waals surface area contributed by atoms with Crippen LogP contribution in [0.4, 0.5) is 0 Å². The number of hydrogen-bond donors (Lipinski definition) is 3. The fourth-order valence-corrected chi connectivity index (χ4v) is 3.07. The molecule has 3 N–H and O–H groups in total. The summed E-state index contributed by atoms with van der Waals surface area (Å²) in [5.74, 6) is -1.75. The van der Waals surface area contributed by atoms with Crippen LogP contribution in [0.2, 0.25) is 5.02 Å². The summed E-state index contributed by atoms with van der Waals surface area (Å²) in [5.41, 5.74) is 0.0260. The van der Waals surface area contributed by atoms with Crippen LogP contribution in [-0.2, 0) is 16.0 Å². The van der Waals surface area contributed by atoms with Crippen LogP contribution in [0.1, 0.15) is 11.1 Å². The minimum absolute atomic E-state index is 0.0887. The molecule has 1 aromatic carbocycles. The molecule has 0 aliphatic carbocycles. The fourth-order valence-electron chi connectivity index (χ4n) is 2.35. The van der Waals surface area contributed by atoms with E-state index in [2.05, 4.69) is 5.32 Å². The molecule has 0 spiro atoms. The van der Waals surface area contributed by atoms with Crippen LogP contribution in [0.25, 0.3) is 11.0 Å². The Hall–Kier alpha value is -2.19. The second kappa shape index (κ2) is 7.79. The van der Waals surface area contributed by atoms with Crippen LogP contribution in [-0.4, -0.2) is 40.1 Å². The number of aromatic hydroxyl groups is 1. The Morgan fingerprint density at radius 3 is 2.68 bits per heavy atom. The Labute approximate surface area is 152 Å². The summed E-state index contributed by atoms with van der Waals surface area (Å²) in [4.78, 5) is 35.4. The molecule has 2 rings (SSSR count). The van der Waals surface area contributed by atoms with E-state index in [1.807, 2.05) is 0 Å². The van der Waals surface area contributed by atoms with E-state index in [9.17, 15) is 19.5 Å². The van der Waals surface area contributed by atoms with E-state index in [1.165, 1.54) is 23.9 Å². The molecule has 0 aliphatic rings. The van der Waals surface area contributed by atoms with Gasteiger partial charge in [0, 0.05) is 17.2 Å². The number of nitrogens with one attached hydrogen (secondary N) is 1. The van der Waals surface area contributed by atoms with E-state index in [1.54, 1.807) is 13.2 Å². The van der Waals surface area contributed by atoms with E-state index in [0.717, 1.165) is 0 Å². The third-order valence-electron chi connectivity index (χ3n) is 3.66. The van der Waals surface area contributed by atoms with Gasteiger partial charge < -0.3 is 19.9 Å². The molecule has 2 aromatic rings. The zero-order chi connectivity index (χ0) is 18.7. The molecule has 1 heterocycles. The largest absolute Gasteiger partial charge is 0.506 e. The SMILES string of the molecule is CSCC(NC(=O)Cc1c(C)c2cc(Cl)c(O)cc2oc1=O)C(=O)O. The number of amides is 1. The molecule has 0 fully saturated rings. The Bertz CT molecular complexity index is 894. The summed E-state index contributed by atoms with van der Waals surface area (Å²) in [7, 11) is 0. The average molecular weight is 386 g/mol. The van der Waals surface area contributed by atoms with Crippen LogP contribution in [0.5, 0.6) is 5.75 Å². The van der Waals surface area contributed by atoms with Crippen molar-refractivity contribution < 1.29 is 24.2 Å². The van der Waals surface area contributed by atoms with Gasteiger partial charge in [0.1, 0.15) is 17.4 Å². The Kier molecular flexibility index (Phi) is 5.97. The molecule has 134 valence electrons. The van der Waals surface area contributed by atoms with Crippen molar-refractivity contribution in [3.8, 4) is 5.75 Å². The summed E-state index contributed by atoms with van der Waals surface area (Å²) in [6.07, 6.45) is 1.41. The molecule has 25 heavy (non-hydrogen) atoms. The lowest BCUT2D eigenvalue weighted by atomic mass is 10.0. The molecule has 1 amide bonds. The van der Waals surface area contributed by atoms with E-state index in [0.29, 0.717) is 10.9 Å². The maximum Gasteiger partial charge on any atom is 0.340 e. The molecule has 9 heteroatoms. The number of fused-ring (bicyclic) bond motifs is 1. The van der Waals surface area contributed by atoms with Crippen molar-refractivity contribution in [2.45, 2.75) is 19.4 Å². The van der Waals surface area contributed by atoms with E-state index >= 15 is 0 Å². The highest BCUT2D eigenvalue weighted by molar-refractivity contribution is 7.98. The molecule has 0 aliphatic heterocycles. The number of halogens is 1. The van der Waals surface area contributed by atoms with Gasteiger partial charge in [-0.2, -0.15) is 11.8 Å². The van der Waals surface area contributed by atoms with Crippen LogP contribution in [0.3, 0.4) is 0 Å². The minimum Gasteiger partial charge on any atom is -0.506 e. The molecular weight excluding hydrogens is 370 g/mol. The smallest absolute Gasteiger partial charge is 0.340 e. The molecule has 0 radical (unpaired) electrons. The van der Waals surface area contributed by atoms with Gasteiger partial charge in [-0.1, -0.05) is 11.6 Å². The first-order valence-corrected chi connectivity index (χ1v) is 8.97. The van der Waals surface area contributed by atoms with Gasteiger partial charge in [-0.3, -0.25) is 4.79 Å². The summed E-state index contributed by atoms with van der Waals surface area (Å²) < 4.78 is 5.14. The van der Waals surface area contributed by atoms with Gasteiger partial charge >= 0.3 is 11.6 Å². The van der Waals surface area contributed by atoms with Crippen molar-refractivity contribution in [2.75, 3.05) is 12.0 Å². The second-order valence-corrected chi connectivity index (χ2v) is 6.70. The molecule has 1 atom stereocenters. The van der Waals surface area contributed by atoms with Gasteiger partial charge in [0.25, 0.3) is 0 Å². The third-order valence-corrected chi connectivity index (χ3v) is 4.63. The number of rotatable bonds is 6. The molecule has 0 saturated carbocycles. The second-order valence-electron chi connectivity index (χ2n) is 5.38. The van der Waals surface area contributed by atoms with Crippen molar-refractivity contribution in [3.05, 3.63) is 38.7 Å². The third kappa shape index (κ3) is 4.26. The van der Waals surface area contributed by atoms with Crippen LogP contribution in [0.15, 0.2) is 21.3 Å². The van der Waals surface area contributed by atoms with Crippen LogP contribution < -0.4 is 10.9 Å². The number of carbonyl (C=O) groups excluding carboxylic acids is 1. The van der Waals surface area contributed by atoms with E-state index in [4.69, 9.17) is 21.1 Å². The van der Waals surface area contributed by atoms with E-state index in [-0.39, 0.29) is 34.1 Å². The fraction of sp³-hybridized carbons (Fsp3) is 0.312. The number of carboxylic acids is 1. The summed E-state index contributed by atoms with van der Waals surface area (Å²) in [6.45, 7) is 1.63. The van der Waals surface area contributed by atoms with E-state index < -0.39 is 23.5 Å². The predicted molar refractivity (Wildman–Crippen MR) is 95.5 cm³/mol. The highest BCUT2D eigenvalue weighted by atomic mass is 35.5. The van der Waals surface area contributed by atoms with Gasteiger partial charge in [0.15, 0.2) is 0 Å². The zero-order valence-electron chi connectivity index (χ0n) is 13.5. The molecule has 0 bridgehead atoms. The van der Waals surface area contributed by atoms with Gasteiger partial charge in [0.05, 0.1) is 17.0 Å². The van der Waals surface area contributed by atoms with Crippen molar-refractivity contribution in [2.24, 2.45) is 0 Å². The first-order chi connectivity index (χ1) is 11.7. The maximum atomic E-state index is 12.1. The first kappa shape index (κ1) is 19.1. The quantitative estimate of drug-likeness (QED) is 0.650. The number of aliphatic carboxylic acids is 1. The van der Waals surface area contributed by atoms with Crippen molar-refractivity contribution in [1.82, 2.24) is 5.32 Å².